The average Bonchev–Trinajstić information content (AvgIpc) is 2.50. The first-order chi connectivity index (χ1) is 6.64. The summed E-state index contributed by atoms with van der Waals surface area (Å²) in [6.45, 7) is 7.30. The van der Waals surface area contributed by atoms with Gasteiger partial charge in [0.05, 0.1) is 6.61 Å². The Labute approximate surface area is 90.0 Å². The highest BCUT2D eigenvalue weighted by atomic mass is 32.2. The van der Waals surface area contributed by atoms with E-state index in [2.05, 4.69) is 12.2 Å². The van der Waals surface area contributed by atoms with Gasteiger partial charge in [-0.3, -0.25) is 4.79 Å². The molecule has 0 bridgehead atoms. The van der Waals surface area contributed by atoms with Crippen LogP contribution in [0.1, 0.15) is 27.2 Å². The lowest BCUT2D eigenvalue weighted by Gasteiger charge is -2.26. The largest absolute Gasteiger partial charge is 0.465 e. The monoisotopic (exact) mass is 217 g/mol. The molecular formula is C10H19NO2S. The van der Waals surface area contributed by atoms with Crippen molar-refractivity contribution >= 4 is 17.7 Å². The van der Waals surface area contributed by atoms with E-state index in [1.54, 1.807) is 0 Å². The number of carbonyl (C=O) groups is 1. The Morgan fingerprint density at radius 1 is 1.64 bits per heavy atom. The minimum atomic E-state index is -0.422. The number of hydrogen-bond acceptors (Lipinski definition) is 4. The molecule has 0 radical (unpaired) electrons. The zero-order valence-corrected chi connectivity index (χ0v) is 9.95. The molecule has 14 heavy (non-hydrogen) atoms. The Kier molecular flexibility index (Phi) is 4.26. The molecule has 0 amide bonds. The first-order valence-corrected chi connectivity index (χ1v) is 6.23. The smallest absolute Gasteiger partial charge is 0.327 e. The number of esters is 1. The molecule has 0 aromatic rings. The van der Waals surface area contributed by atoms with E-state index in [1.807, 2.05) is 25.6 Å². The van der Waals surface area contributed by atoms with Crippen molar-refractivity contribution in [1.82, 2.24) is 5.32 Å². The zero-order chi connectivity index (χ0) is 10.6. The third-order valence-electron chi connectivity index (χ3n) is 2.43. The minimum Gasteiger partial charge on any atom is -0.465 e. The summed E-state index contributed by atoms with van der Waals surface area (Å²) >= 11 is 1.83. The second-order valence-corrected chi connectivity index (χ2v) is 5.09. The Morgan fingerprint density at radius 3 is 2.79 bits per heavy atom. The van der Waals surface area contributed by atoms with E-state index < -0.39 is 5.54 Å². The molecule has 2 unspecified atom stereocenters. The van der Waals surface area contributed by atoms with E-state index in [1.165, 1.54) is 0 Å². The van der Waals surface area contributed by atoms with Crippen LogP contribution in [0.2, 0.25) is 0 Å². The maximum absolute atomic E-state index is 11.8. The highest BCUT2D eigenvalue weighted by Gasteiger charge is 2.45. The molecule has 0 aromatic carbocycles. The van der Waals surface area contributed by atoms with Gasteiger partial charge in [0.15, 0.2) is 0 Å². The summed E-state index contributed by atoms with van der Waals surface area (Å²) in [5, 5.41) is 3.82. The van der Waals surface area contributed by atoms with Gasteiger partial charge in [0, 0.05) is 11.0 Å². The molecule has 1 heterocycles. The molecule has 1 rings (SSSR count). The molecule has 0 aromatic heterocycles. The van der Waals surface area contributed by atoms with Gasteiger partial charge in [0.2, 0.25) is 0 Å². The summed E-state index contributed by atoms with van der Waals surface area (Å²) in [4.78, 5) is 11.8. The van der Waals surface area contributed by atoms with Crippen LogP contribution in [-0.4, -0.2) is 35.7 Å². The van der Waals surface area contributed by atoms with Crippen LogP contribution in [0.4, 0.5) is 0 Å². The van der Waals surface area contributed by atoms with E-state index in [-0.39, 0.29) is 5.97 Å². The van der Waals surface area contributed by atoms with Gasteiger partial charge in [-0.25, -0.2) is 0 Å². The quantitative estimate of drug-likeness (QED) is 0.723. The van der Waals surface area contributed by atoms with Crippen LogP contribution in [0.15, 0.2) is 0 Å². The van der Waals surface area contributed by atoms with Gasteiger partial charge in [0.25, 0.3) is 0 Å². The van der Waals surface area contributed by atoms with Gasteiger partial charge in [0.1, 0.15) is 5.54 Å². The standard InChI is InChI=1S/C10H19NO2S/c1-4-11-10(9(12)13-5-2)6-8(3)14-7-10/h8,11H,4-7H2,1-3H3. The van der Waals surface area contributed by atoms with Crippen LogP contribution in [0.25, 0.3) is 0 Å². The molecule has 0 saturated carbocycles. The van der Waals surface area contributed by atoms with Crippen LogP contribution in [0, 0.1) is 0 Å². The first kappa shape index (κ1) is 11.9. The summed E-state index contributed by atoms with van der Waals surface area (Å²) in [6, 6.07) is 0. The van der Waals surface area contributed by atoms with Crippen LogP contribution in [-0.2, 0) is 9.53 Å². The van der Waals surface area contributed by atoms with Crippen LogP contribution in [0.5, 0.6) is 0 Å². The van der Waals surface area contributed by atoms with Gasteiger partial charge in [-0.05, 0) is 19.9 Å². The van der Waals surface area contributed by atoms with Crippen molar-refractivity contribution in [2.24, 2.45) is 0 Å². The molecule has 82 valence electrons. The summed E-state index contributed by atoms with van der Waals surface area (Å²) < 4.78 is 5.12. The number of likely N-dealkylation sites (N-methyl/N-ethyl adjacent to an activating group) is 1. The molecular weight excluding hydrogens is 198 g/mol. The van der Waals surface area contributed by atoms with Gasteiger partial charge in [-0.15, -0.1) is 0 Å². The van der Waals surface area contributed by atoms with Crippen molar-refractivity contribution in [2.45, 2.75) is 38.0 Å². The van der Waals surface area contributed by atoms with Crippen molar-refractivity contribution in [3.05, 3.63) is 0 Å². The van der Waals surface area contributed by atoms with Crippen molar-refractivity contribution in [2.75, 3.05) is 18.9 Å². The highest BCUT2D eigenvalue weighted by Crippen LogP contribution is 2.35. The van der Waals surface area contributed by atoms with Gasteiger partial charge in [-0.2, -0.15) is 11.8 Å². The van der Waals surface area contributed by atoms with E-state index in [4.69, 9.17) is 4.74 Å². The molecule has 0 spiro atoms. The van der Waals surface area contributed by atoms with Crippen molar-refractivity contribution in [3.8, 4) is 0 Å². The topological polar surface area (TPSA) is 38.3 Å². The number of hydrogen-bond donors (Lipinski definition) is 1. The first-order valence-electron chi connectivity index (χ1n) is 5.18. The second kappa shape index (κ2) is 5.03. The normalized spacial score (nSPS) is 31.8. The van der Waals surface area contributed by atoms with Crippen LogP contribution < -0.4 is 5.32 Å². The lowest BCUT2D eigenvalue weighted by molar-refractivity contribution is -0.150. The summed E-state index contributed by atoms with van der Waals surface area (Å²) in [5.74, 6) is 0.750. The minimum absolute atomic E-state index is 0.0845. The summed E-state index contributed by atoms with van der Waals surface area (Å²) in [5.41, 5.74) is -0.422. The molecule has 1 aliphatic heterocycles. The fraction of sp³-hybridized carbons (Fsp3) is 0.900. The zero-order valence-electron chi connectivity index (χ0n) is 9.13. The van der Waals surface area contributed by atoms with Crippen molar-refractivity contribution in [1.29, 1.82) is 0 Å². The van der Waals surface area contributed by atoms with Crippen molar-refractivity contribution < 1.29 is 9.53 Å². The summed E-state index contributed by atoms with van der Waals surface area (Å²) in [6.07, 6.45) is 0.879. The van der Waals surface area contributed by atoms with Gasteiger partial charge in [-0.1, -0.05) is 13.8 Å². The maximum atomic E-state index is 11.8. The fourth-order valence-corrected chi connectivity index (χ4v) is 3.15. The molecule has 1 N–H and O–H groups in total. The predicted molar refractivity (Wildman–Crippen MR) is 59.6 cm³/mol. The Hall–Kier alpha value is -0.220. The Bertz CT molecular complexity index is 206. The maximum Gasteiger partial charge on any atom is 0.327 e. The average molecular weight is 217 g/mol. The summed E-state index contributed by atoms with van der Waals surface area (Å²) in [7, 11) is 0. The number of ether oxygens (including phenoxy) is 1. The molecule has 1 saturated heterocycles. The highest BCUT2D eigenvalue weighted by molar-refractivity contribution is 8.00. The number of nitrogens with one attached hydrogen (secondary N) is 1. The molecule has 1 aliphatic rings. The lowest BCUT2D eigenvalue weighted by atomic mass is 9.96. The second-order valence-electron chi connectivity index (χ2n) is 3.66. The number of rotatable bonds is 4. The molecule has 0 aliphatic carbocycles. The number of carbonyl (C=O) groups excluding carboxylic acids is 1. The SMILES string of the molecule is CCNC1(C(=O)OCC)CSC(C)C1. The van der Waals surface area contributed by atoms with E-state index in [0.717, 1.165) is 18.7 Å². The molecule has 4 heteroatoms. The third-order valence-corrected chi connectivity index (χ3v) is 3.83. The van der Waals surface area contributed by atoms with E-state index in [9.17, 15) is 4.79 Å². The Balaban J connectivity index is 2.67. The predicted octanol–water partition coefficient (Wildman–Crippen LogP) is 1.42. The van der Waals surface area contributed by atoms with E-state index in [0.29, 0.717) is 11.9 Å². The molecule has 3 nitrogen and oxygen atoms in total. The van der Waals surface area contributed by atoms with Crippen molar-refractivity contribution in [3.63, 3.8) is 0 Å². The lowest BCUT2D eigenvalue weighted by Crippen LogP contribution is -2.53. The Morgan fingerprint density at radius 2 is 2.36 bits per heavy atom. The van der Waals surface area contributed by atoms with Gasteiger partial charge >= 0.3 is 5.97 Å². The van der Waals surface area contributed by atoms with E-state index >= 15 is 0 Å². The third kappa shape index (κ3) is 2.42. The molecule has 2 atom stereocenters. The van der Waals surface area contributed by atoms with Crippen LogP contribution >= 0.6 is 11.8 Å². The molecule has 1 fully saturated rings. The van der Waals surface area contributed by atoms with Gasteiger partial charge < -0.3 is 10.1 Å². The fourth-order valence-electron chi connectivity index (χ4n) is 1.84. The van der Waals surface area contributed by atoms with Crippen LogP contribution in [0.3, 0.4) is 0 Å². The number of thioether (sulfide) groups is 1.